The van der Waals surface area contributed by atoms with Crippen molar-refractivity contribution in [3.8, 4) is 0 Å². The number of nitrogens with zero attached hydrogens (tertiary/aromatic N) is 3. The van der Waals surface area contributed by atoms with Gasteiger partial charge in [-0.1, -0.05) is 30.3 Å². The molecule has 8 nitrogen and oxygen atoms in total. The van der Waals surface area contributed by atoms with E-state index in [1.807, 2.05) is 30.3 Å². The molecule has 1 atom stereocenters. The summed E-state index contributed by atoms with van der Waals surface area (Å²) >= 11 is 0. The fourth-order valence-electron chi connectivity index (χ4n) is 2.88. The molecule has 2 heterocycles. The van der Waals surface area contributed by atoms with Crippen LogP contribution in [0.5, 0.6) is 0 Å². The Morgan fingerprint density at radius 1 is 1.26 bits per heavy atom. The summed E-state index contributed by atoms with van der Waals surface area (Å²) in [7, 11) is 1.51. The van der Waals surface area contributed by atoms with Crippen LogP contribution in [0.3, 0.4) is 0 Å². The largest absolute Gasteiger partial charge is 0.497 e. The van der Waals surface area contributed by atoms with Crippen LogP contribution in [-0.2, 0) is 25.7 Å². The molecule has 0 spiro atoms. The molecule has 27 heavy (non-hydrogen) atoms. The zero-order valence-electron chi connectivity index (χ0n) is 15.1. The smallest absolute Gasteiger partial charge is 0.446 e. The van der Waals surface area contributed by atoms with E-state index in [9.17, 15) is 14.4 Å². The van der Waals surface area contributed by atoms with Crippen LogP contribution in [0.25, 0.3) is 0 Å². The lowest BCUT2D eigenvalue weighted by atomic mass is 9.99. The van der Waals surface area contributed by atoms with Crippen molar-refractivity contribution in [2.45, 2.75) is 13.5 Å². The topological polar surface area (TPSA) is 88.3 Å². The molecule has 0 saturated heterocycles. The lowest BCUT2D eigenvalue weighted by Crippen LogP contribution is -2.56. The first-order chi connectivity index (χ1) is 13.0. The molecule has 0 N–H and O–H groups in total. The Labute approximate surface area is 156 Å². The van der Waals surface area contributed by atoms with Crippen LogP contribution in [0.15, 0.2) is 47.2 Å². The molecule has 0 saturated carbocycles. The standard InChI is InChI=1S/C19H20N3O5/c1-3-26-14-9-10-20-17-16(14)18(24)22(19(25)21(17)2)11-15(23)27-12-13-7-5-4-6-8-13/h4-10,16H,3,11-12H2,1-2H3/q+1. The van der Waals surface area contributed by atoms with Gasteiger partial charge in [0.25, 0.3) is 5.84 Å². The summed E-state index contributed by atoms with van der Waals surface area (Å²) in [6.45, 7) is 1.77. The number of carbonyl (C=O) groups excluding carboxylic acids is 3. The molecule has 0 bridgehead atoms. The van der Waals surface area contributed by atoms with Gasteiger partial charge < -0.3 is 9.47 Å². The van der Waals surface area contributed by atoms with Gasteiger partial charge in [0.2, 0.25) is 0 Å². The van der Waals surface area contributed by atoms with E-state index in [0.29, 0.717) is 12.4 Å². The number of amidine groups is 1. The summed E-state index contributed by atoms with van der Waals surface area (Å²) in [4.78, 5) is 42.6. The monoisotopic (exact) mass is 370 g/mol. The summed E-state index contributed by atoms with van der Waals surface area (Å²) in [5.74, 6) is -1.39. The third-order valence-corrected chi connectivity index (χ3v) is 4.20. The number of hydrogen-bond donors (Lipinski definition) is 0. The molecule has 1 aromatic rings. The van der Waals surface area contributed by atoms with E-state index in [4.69, 9.17) is 9.47 Å². The van der Waals surface area contributed by atoms with Crippen molar-refractivity contribution >= 4 is 30.0 Å². The van der Waals surface area contributed by atoms with E-state index in [1.165, 1.54) is 17.8 Å². The maximum atomic E-state index is 12.9. The fraction of sp³-hybridized carbons (Fsp3) is 0.316. The number of fused-ring (bicyclic) bond motifs is 1. The number of benzene rings is 1. The number of imide groups is 1. The number of allylic oxidation sites excluding steroid dienone is 1. The zero-order chi connectivity index (χ0) is 19.4. The van der Waals surface area contributed by atoms with Gasteiger partial charge >= 0.3 is 17.9 Å². The molecule has 1 unspecified atom stereocenters. The summed E-state index contributed by atoms with van der Waals surface area (Å²) in [5, 5.41) is 0. The van der Waals surface area contributed by atoms with Crippen molar-refractivity contribution in [1.82, 2.24) is 4.90 Å². The third kappa shape index (κ3) is 3.79. The summed E-state index contributed by atoms with van der Waals surface area (Å²) in [6.07, 6.45) is 3.07. The molecule has 8 heteroatoms. The molecule has 3 rings (SSSR count). The van der Waals surface area contributed by atoms with Crippen molar-refractivity contribution in [1.29, 1.82) is 0 Å². The van der Waals surface area contributed by atoms with Crippen LogP contribution in [-0.4, -0.2) is 59.6 Å². The van der Waals surface area contributed by atoms with Crippen LogP contribution >= 0.6 is 0 Å². The quantitative estimate of drug-likeness (QED) is 0.557. The molecular formula is C19H20N3O5+. The zero-order valence-corrected chi connectivity index (χ0v) is 15.1. The first-order valence-electron chi connectivity index (χ1n) is 8.55. The highest BCUT2D eigenvalue weighted by atomic mass is 16.5. The summed E-state index contributed by atoms with van der Waals surface area (Å²) in [5.41, 5.74) is 0.818. The van der Waals surface area contributed by atoms with Crippen molar-refractivity contribution in [3.63, 3.8) is 0 Å². The van der Waals surface area contributed by atoms with Crippen LogP contribution < -0.4 is 0 Å². The highest BCUT2D eigenvalue weighted by Crippen LogP contribution is 2.25. The van der Waals surface area contributed by atoms with Crippen molar-refractivity contribution < 1.29 is 28.4 Å². The number of hydrogen-bond acceptors (Lipinski definition) is 6. The molecule has 3 amide bonds. The van der Waals surface area contributed by atoms with Crippen molar-refractivity contribution in [2.24, 2.45) is 10.9 Å². The minimum Gasteiger partial charge on any atom is -0.497 e. The Kier molecular flexibility index (Phi) is 5.44. The first-order valence-corrected chi connectivity index (χ1v) is 8.55. The molecule has 1 aromatic carbocycles. The Balaban J connectivity index is 1.74. The molecule has 0 fully saturated rings. The van der Waals surface area contributed by atoms with Gasteiger partial charge in [0.05, 0.1) is 13.7 Å². The normalized spacial score (nSPS) is 19.0. The van der Waals surface area contributed by atoms with Gasteiger partial charge in [-0.05, 0) is 12.5 Å². The van der Waals surface area contributed by atoms with Gasteiger partial charge in [-0.2, -0.15) is 9.48 Å². The van der Waals surface area contributed by atoms with Crippen molar-refractivity contribution in [3.05, 3.63) is 47.7 Å². The number of amides is 3. The van der Waals surface area contributed by atoms with Gasteiger partial charge in [0.1, 0.15) is 18.6 Å². The predicted octanol–water partition coefficient (Wildman–Crippen LogP) is 1.35. The van der Waals surface area contributed by atoms with E-state index in [0.717, 1.165) is 10.5 Å². The Morgan fingerprint density at radius 3 is 2.70 bits per heavy atom. The maximum absolute atomic E-state index is 12.9. The van der Waals surface area contributed by atoms with Crippen molar-refractivity contribution in [2.75, 3.05) is 20.2 Å². The SMILES string of the molecule is CCOC1=CC=NC2=[N+](C)C(=O)N(CC(=O)OCc3ccccc3)C(=O)C12. The third-order valence-electron chi connectivity index (χ3n) is 4.20. The van der Waals surface area contributed by atoms with Crippen LogP contribution in [0, 0.1) is 5.92 Å². The number of rotatable bonds is 6. The van der Waals surface area contributed by atoms with Crippen LogP contribution in [0.4, 0.5) is 4.79 Å². The second-order valence-corrected chi connectivity index (χ2v) is 5.98. The number of ether oxygens (including phenoxy) is 2. The highest BCUT2D eigenvalue weighted by molar-refractivity contribution is 6.16. The van der Waals surface area contributed by atoms with Gasteiger partial charge in [-0.3, -0.25) is 4.79 Å². The summed E-state index contributed by atoms with van der Waals surface area (Å²) in [6, 6.07) is 8.53. The molecule has 0 aromatic heterocycles. The second-order valence-electron chi connectivity index (χ2n) is 5.98. The number of esters is 1. The average Bonchev–Trinajstić information content (AvgIpc) is 2.69. The predicted molar refractivity (Wildman–Crippen MR) is 96.2 cm³/mol. The van der Waals surface area contributed by atoms with E-state index in [-0.39, 0.29) is 12.4 Å². The first kappa shape index (κ1) is 18.5. The van der Waals surface area contributed by atoms with Gasteiger partial charge in [-0.15, -0.1) is 4.99 Å². The van der Waals surface area contributed by atoms with E-state index >= 15 is 0 Å². The fourth-order valence-corrected chi connectivity index (χ4v) is 2.88. The van der Waals surface area contributed by atoms with Gasteiger partial charge in [-0.25, -0.2) is 9.59 Å². The number of aliphatic imine (C=N–C) groups is 1. The number of dihydropyridines is 1. The average molecular weight is 370 g/mol. The minimum atomic E-state index is -0.848. The highest BCUT2D eigenvalue weighted by Gasteiger charge is 2.50. The molecule has 0 radical (unpaired) electrons. The minimum absolute atomic E-state index is 0.0704. The molecule has 2 aliphatic heterocycles. The second kappa shape index (κ2) is 7.94. The van der Waals surface area contributed by atoms with E-state index in [2.05, 4.69) is 4.99 Å². The van der Waals surface area contributed by atoms with Gasteiger partial charge in [0, 0.05) is 6.08 Å². The number of urea groups is 1. The molecular weight excluding hydrogens is 350 g/mol. The lowest BCUT2D eigenvalue weighted by molar-refractivity contribution is -0.408. The number of carbonyl (C=O) groups is 3. The maximum Gasteiger partial charge on any atom is 0.446 e. The molecule has 0 aliphatic carbocycles. The van der Waals surface area contributed by atoms with Crippen LogP contribution in [0.2, 0.25) is 0 Å². The van der Waals surface area contributed by atoms with E-state index < -0.39 is 30.4 Å². The Bertz CT molecular complexity index is 857. The van der Waals surface area contributed by atoms with Gasteiger partial charge in [0.15, 0.2) is 12.5 Å². The van der Waals surface area contributed by atoms with Crippen LogP contribution in [0.1, 0.15) is 12.5 Å². The Hall–Kier alpha value is -3.29. The molecule has 2 aliphatic rings. The van der Waals surface area contributed by atoms with E-state index in [1.54, 1.807) is 13.0 Å². The Morgan fingerprint density at radius 2 is 2.00 bits per heavy atom. The molecule has 140 valence electrons. The lowest BCUT2D eigenvalue weighted by Gasteiger charge is -2.27. The summed E-state index contributed by atoms with van der Waals surface area (Å²) < 4.78 is 11.9.